The Morgan fingerprint density at radius 2 is 1.85 bits per heavy atom. The largest absolute Gasteiger partial charge is 0.465 e. The van der Waals surface area contributed by atoms with Crippen LogP contribution in [0.1, 0.15) is 60.8 Å². The summed E-state index contributed by atoms with van der Waals surface area (Å²) in [6.45, 7) is 11.9. The fourth-order valence-electron chi connectivity index (χ4n) is 4.23. The van der Waals surface area contributed by atoms with E-state index in [0.29, 0.717) is 26.0 Å². The Bertz CT molecular complexity index is 662. The molecular formula is C24H42N2O7. The first kappa shape index (κ1) is 29.0. The van der Waals surface area contributed by atoms with Gasteiger partial charge in [0.2, 0.25) is 5.91 Å². The Kier molecular flexibility index (Phi) is 12.0. The molecule has 9 nitrogen and oxygen atoms in total. The van der Waals surface area contributed by atoms with E-state index < -0.39 is 35.4 Å². The zero-order chi connectivity index (χ0) is 25.2. The van der Waals surface area contributed by atoms with Gasteiger partial charge in [-0.15, -0.1) is 0 Å². The van der Waals surface area contributed by atoms with Gasteiger partial charge in [0, 0.05) is 33.0 Å². The second-order valence-electron chi connectivity index (χ2n) is 9.71. The maximum Gasteiger partial charge on any atom is 0.324 e. The van der Waals surface area contributed by atoms with E-state index in [1.807, 2.05) is 18.7 Å². The van der Waals surface area contributed by atoms with Crippen LogP contribution < -0.4 is 5.32 Å². The average molecular weight is 471 g/mol. The van der Waals surface area contributed by atoms with Crippen molar-refractivity contribution in [2.75, 3.05) is 33.4 Å². The van der Waals surface area contributed by atoms with Gasteiger partial charge >= 0.3 is 11.9 Å². The van der Waals surface area contributed by atoms with Crippen LogP contribution in [0.4, 0.5) is 0 Å². The smallest absolute Gasteiger partial charge is 0.324 e. The predicted octanol–water partition coefficient (Wildman–Crippen LogP) is 1.96. The van der Waals surface area contributed by atoms with Gasteiger partial charge in [-0.1, -0.05) is 26.7 Å². The minimum Gasteiger partial charge on any atom is -0.465 e. The van der Waals surface area contributed by atoms with Crippen molar-refractivity contribution < 1.29 is 33.4 Å². The number of carbonyl (C=O) groups is 4. The summed E-state index contributed by atoms with van der Waals surface area (Å²) in [5.41, 5.74) is -0.752. The third kappa shape index (κ3) is 9.04. The second-order valence-corrected chi connectivity index (χ2v) is 9.71. The molecule has 0 radical (unpaired) electrons. The molecule has 1 aliphatic rings. The normalized spacial score (nSPS) is 22.9. The van der Waals surface area contributed by atoms with Crippen LogP contribution in [0.2, 0.25) is 0 Å². The van der Waals surface area contributed by atoms with Crippen LogP contribution in [0.15, 0.2) is 0 Å². The Labute approximate surface area is 197 Å². The lowest BCUT2D eigenvalue weighted by atomic mass is 9.91. The Hall–Kier alpha value is -2.00. The molecule has 0 spiro atoms. The summed E-state index contributed by atoms with van der Waals surface area (Å²) in [5, 5.41) is 2.91. The number of methoxy groups -OCH3 is 1. The van der Waals surface area contributed by atoms with E-state index in [9.17, 15) is 19.2 Å². The summed E-state index contributed by atoms with van der Waals surface area (Å²) in [5.74, 6) is -2.97. The van der Waals surface area contributed by atoms with Gasteiger partial charge in [-0.3, -0.25) is 19.3 Å². The average Bonchev–Trinajstić information content (AvgIpc) is 3.08. The van der Waals surface area contributed by atoms with Gasteiger partial charge in [-0.25, -0.2) is 0 Å². The molecule has 1 saturated heterocycles. The van der Waals surface area contributed by atoms with Crippen LogP contribution in [0.25, 0.3) is 0 Å². The number of esters is 2. The number of unbranched alkanes of at least 4 members (excludes halogenated alkanes) is 1. The first-order valence-corrected chi connectivity index (χ1v) is 11.8. The summed E-state index contributed by atoms with van der Waals surface area (Å²) in [7, 11) is 1.56. The molecule has 0 saturated carbocycles. The van der Waals surface area contributed by atoms with Crippen LogP contribution in [-0.4, -0.2) is 80.1 Å². The molecule has 1 rings (SSSR count). The van der Waals surface area contributed by atoms with E-state index in [2.05, 4.69) is 5.32 Å². The lowest BCUT2D eigenvalue weighted by Crippen LogP contribution is -2.51. The van der Waals surface area contributed by atoms with Crippen LogP contribution in [0.5, 0.6) is 0 Å². The number of nitrogens with zero attached hydrogens (tertiary/aromatic N) is 1. The molecule has 5 atom stereocenters. The highest BCUT2D eigenvalue weighted by Crippen LogP contribution is 2.33. The molecule has 0 aromatic heterocycles. The van der Waals surface area contributed by atoms with Crippen LogP contribution >= 0.6 is 0 Å². The van der Waals surface area contributed by atoms with E-state index in [-0.39, 0.29) is 31.0 Å². The lowest BCUT2D eigenvalue weighted by Gasteiger charge is -2.34. The van der Waals surface area contributed by atoms with Crippen molar-refractivity contribution in [2.45, 2.75) is 78.5 Å². The molecule has 1 fully saturated rings. The highest BCUT2D eigenvalue weighted by Gasteiger charge is 2.52. The Morgan fingerprint density at radius 1 is 1.18 bits per heavy atom. The molecule has 1 amide bonds. The molecule has 9 heteroatoms. The SMILES string of the molecule is CCCCOC(=O)C1C(C=O)CN(CC(CC)C(COC)NC(C)=O)C1C(=O)OC(C)(C)C. The monoisotopic (exact) mass is 470 g/mol. The van der Waals surface area contributed by atoms with Crippen molar-refractivity contribution in [2.24, 2.45) is 17.8 Å². The molecule has 0 aromatic carbocycles. The van der Waals surface area contributed by atoms with Gasteiger partial charge in [0.15, 0.2) is 0 Å². The molecule has 1 heterocycles. The van der Waals surface area contributed by atoms with E-state index in [0.717, 1.165) is 12.7 Å². The molecule has 33 heavy (non-hydrogen) atoms. The molecule has 1 aliphatic heterocycles. The van der Waals surface area contributed by atoms with Gasteiger partial charge in [0.05, 0.1) is 25.2 Å². The molecular weight excluding hydrogens is 428 g/mol. The van der Waals surface area contributed by atoms with Gasteiger partial charge in [-0.05, 0) is 33.1 Å². The summed E-state index contributed by atoms with van der Waals surface area (Å²) >= 11 is 0. The maximum absolute atomic E-state index is 13.2. The number of hydrogen-bond donors (Lipinski definition) is 1. The molecule has 0 aromatic rings. The third-order valence-electron chi connectivity index (χ3n) is 5.77. The number of carbonyl (C=O) groups excluding carboxylic acids is 4. The Balaban J connectivity index is 3.24. The molecule has 0 bridgehead atoms. The van der Waals surface area contributed by atoms with Crippen molar-refractivity contribution >= 4 is 24.1 Å². The van der Waals surface area contributed by atoms with E-state index in [1.54, 1.807) is 27.9 Å². The molecule has 0 aliphatic carbocycles. The van der Waals surface area contributed by atoms with Crippen LogP contribution in [0, 0.1) is 17.8 Å². The highest BCUT2D eigenvalue weighted by molar-refractivity contribution is 5.88. The standard InChI is InChI=1S/C24H42N2O7/c1-8-10-11-32-22(29)20-18(14-27)13-26(21(20)23(30)33-24(4,5)6)12-17(9-2)19(15-31-7)25-16(3)28/h14,17-21H,8-13,15H2,1-7H3,(H,25,28). The minimum absolute atomic E-state index is 0.0686. The summed E-state index contributed by atoms with van der Waals surface area (Å²) in [6, 6.07) is -1.22. The molecule has 5 unspecified atom stereocenters. The van der Waals surface area contributed by atoms with E-state index >= 15 is 0 Å². The fourth-order valence-corrected chi connectivity index (χ4v) is 4.23. The molecule has 190 valence electrons. The second kappa shape index (κ2) is 13.6. The molecule has 1 N–H and O–H groups in total. The summed E-state index contributed by atoms with van der Waals surface area (Å²) in [6.07, 6.45) is 2.99. The van der Waals surface area contributed by atoms with Gasteiger partial charge < -0.3 is 24.3 Å². The van der Waals surface area contributed by atoms with Crippen LogP contribution in [0.3, 0.4) is 0 Å². The van der Waals surface area contributed by atoms with E-state index in [1.165, 1.54) is 6.92 Å². The van der Waals surface area contributed by atoms with E-state index in [4.69, 9.17) is 14.2 Å². The zero-order valence-electron chi connectivity index (χ0n) is 21.2. The van der Waals surface area contributed by atoms with Crippen molar-refractivity contribution in [3.8, 4) is 0 Å². The quantitative estimate of drug-likeness (QED) is 0.247. The van der Waals surface area contributed by atoms with Crippen LogP contribution in [-0.2, 0) is 33.4 Å². The third-order valence-corrected chi connectivity index (χ3v) is 5.77. The van der Waals surface area contributed by atoms with Gasteiger partial charge in [0.25, 0.3) is 0 Å². The number of likely N-dealkylation sites (tertiary alicyclic amines) is 1. The predicted molar refractivity (Wildman–Crippen MR) is 123 cm³/mol. The fraction of sp³-hybridized carbons (Fsp3) is 0.833. The van der Waals surface area contributed by atoms with Crippen molar-refractivity contribution in [3.05, 3.63) is 0 Å². The summed E-state index contributed by atoms with van der Waals surface area (Å²) < 4.78 is 16.4. The zero-order valence-corrected chi connectivity index (χ0v) is 21.2. The maximum atomic E-state index is 13.2. The topological polar surface area (TPSA) is 111 Å². The number of aldehydes is 1. The van der Waals surface area contributed by atoms with Crippen molar-refractivity contribution in [3.63, 3.8) is 0 Å². The van der Waals surface area contributed by atoms with Gasteiger partial charge in [-0.2, -0.15) is 0 Å². The summed E-state index contributed by atoms with van der Waals surface area (Å²) in [4.78, 5) is 51.7. The number of hydrogen-bond acceptors (Lipinski definition) is 8. The number of ether oxygens (including phenoxy) is 3. The first-order valence-electron chi connectivity index (χ1n) is 11.8. The van der Waals surface area contributed by atoms with Gasteiger partial charge in [0.1, 0.15) is 17.9 Å². The lowest BCUT2D eigenvalue weighted by molar-refractivity contribution is -0.167. The number of rotatable bonds is 13. The number of amides is 1. The minimum atomic E-state index is -0.942. The van der Waals surface area contributed by atoms with Crippen molar-refractivity contribution in [1.29, 1.82) is 0 Å². The van der Waals surface area contributed by atoms with Crippen molar-refractivity contribution in [1.82, 2.24) is 10.2 Å². The first-order chi connectivity index (χ1) is 15.5. The highest BCUT2D eigenvalue weighted by atomic mass is 16.6. The number of nitrogens with one attached hydrogen (secondary N) is 1. The Morgan fingerprint density at radius 3 is 2.33 bits per heavy atom.